The van der Waals surface area contributed by atoms with Gasteiger partial charge in [0.15, 0.2) is 0 Å². The summed E-state index contributed by atoms with van der Waals surface area (Å²) in [5, 5.41) is 0. The molecule has 2 aromatic carbocycles. The number of primary amides is 1. The van der Waals surface area contributed by atoms with Gasteiger partial charge >= 0.3 is 0 Å². The number of nitrogens with two attached hydrogens (primary N) is 2. The highest BCUT2D eigenvalue weighted by Gasteiger charge is 2.37. The van der Waals surface area contributed by atoms with Gasteiger partial charge in [-0.05, 0) is 11.1 Å². The minimum absolute atomic E-state index is 0.234. The molecule has 0 fully saturated rings. The summed E-state index contributed by atoms with van der Waals surface area (Å²) in [7, 11) is 0. The molecule has 1 amide bonds. The van der Waals surface area contributed by atoms with Gasteiger partial charge in [-0.2, -0.15) is 0 Å². The van der Waals surface area contributed by atoms with Gasteiger partial charge in [0.05, 0.1) is 37.7 Å². The van der Waals surface area contributed by atoms with Crippen LogP contribution in [0.3, 0.4) is 0 Å². The van der Waals surface area contributed by atoms with Crippen molar-refractivity contribution in [1.29, 1.82) is 0 Å². The Bertz CT molecular complexity index is 764. The summed E-state index contributed by atoms with van der Waals surface area (Å²) in [5.74, 6) is -0.604. The predicted molar refractivity (Wildman–Crippen MR) is 101 cm³/mol. The van der Waals surface area contributed by atoms with Crippen molar-refractivity contribution in [2.75, 3.05) is 6.61 Å². The molecule has 3 rings (SSSR count). The first-order valence-corrected chi connectivity index (χ1v) is 8.83. The highest BCUT2D eigenvalue weighted by molar-refractivity contribution is 5.93. The largest absolute Gasteiger partial charge is 0.493 e. The standard InChI is InChI=1S/C21H24N2O4/c22-19-18(14-25-11-15-7-3-1-4-8-15)26-13-17(21(23)24)20(19)27-12-16-9-5-2-6-10-16/h1-10,13,18-20H,11-12,14,22H2,(H2,23,24)/t18-,19-,20-/m1/s1. The van der Waals surface area contributed by atoms with E-state index in [0.29, 0.717) is 13.2 Å². The van der Waals surface area contributed by atoms with Gasteiger partial charge in [0.25, 0.3) is 0 Å². The summed E-state index contributed by atoms with van der Waals surface area (Å²) >= 11 is 0. The Balaban J connectivity index is 1.61. The summed E-state index contributed by atoms with van der Waals surface area (Å²) in [4.78, 5) is 11.7. The van der Waals surface area contributed by atoms with Gasteiger partial charge in [0.2, 0.25) is 5.91 Å². The van der Waals surface area contributed by atoms with Gasteiger partial charge in [-0.1, -0.05) is 60.7 Å². The molecule has 6 nitrogen and oxygen atoms in total. The lowest BCUT2D eigenvalue weighted by atomic mass is 9.96. The molecule has 1 heterocycles. The zero-order valence-electron chi connectivity index (χ0n) is 15.0. The van der Waals surface area contributed by atoms with Crippen LogP contribution in [0.1, 0.15) is 11.1 Å². The molecule has 0 saturated heterocycles. The van der Waals surface area contributed by atoms with E-state index in [-0.39, 0.29) is 12.2 Å². The van der Waals surface area contributed by atoms with E-state index in [0.717, 1.165) is 11.1 Å². The number of ether oxygens (including phenoxy) is 3. The Labute approximate surface area is 158 Å². The second-order valence-corrected chi connectivity index (χ2v) is 6.41. The first-order chi connectivity index (χ1) is 13.1. The molecule has 142 valence electrons. The zero-order chi connectivity index (χ0) is 19.1. The third kappa shape index (κ3) is 5.17. The fourth-order valence-corrected chi connectivity index (χ4v) is 2.90. The van der Waals surface area contributed by atoms with Crippen LogP contribution >= 0.6 is 0 Å². The van der Waals surface area contributed by atoms with Gasteiger partial charge in [0, 0.05) is 0 Å². The second-order valence-electron chi connectivity index (χ2n) is 6.41. The maximum absolute atomic E-state index is 11.7. The van der Waals surface area contributed by atoms with Crippen molar-refractivity contribution in [2.24, 2.45) is 11.5 Å². The van der Waals surface area contributed by atoms with Crippen molar-refractivity contribution in [1.82, 2.24) is 0 Å². The fourth-order valence-electron chi connectivity index (χ4n) is 2.90. The number of benzene rings is 2. The maximum Gasteiger partial charge on any atom is 0.250 e. The van der Waals surface area contributed by atoms with Crippen LogP contribution < -0.4 is 11.5 Å². The van der Waals surface area contributed by atoms with Crippen molar-refractivity contribution < 1.29 is 19.0 Å². The third-order valence-corrected chi connectivity index (χ3v) is 4.41. The first-order valence-electron chi connectivity index (χ1n) is 8.83. The van der Waals surface area contributed by atoms with Gasteiger partial charge < -0.3 is 25.7 Å². The van der Waals surface area contributed by atoms with Gasteiger partial charge in [0.1, 0.15) is 12.2 Å². The molecule has 4 N–H and O–H groups in total. The van der Waals surface area contributed by atoms with Crippen molar-refractivity contribution in [3.05, 3.63) is 83.6 Å². The van der Waals surface area contributed by atoms with Gasteiger partial charge in [-0.3, -0.25) is 4.79 Å². The van der Waals surface area contributed by atoms with Gasteiger partial charge in [-0.25, -0.2) is 0 Å². The monoisotopic (exact) mass is 368 g/mol. The highest BCUT2D eigenvalue weighted by atomic mass is 16.5. The van der Waals surface area contributed by atoms with Crippen LogP contribution in [0.15, 0.2) is 72.5 Å². The number of rotatable bonds is 8. The average Bonchev–Trinajstić information content (AvgIpc) is 2.69. The molecule has 0 radical (unpaired) electrons. The van der Waals surface area contributed by atoms with Crippen LogP contribution in [0.2, 0.25) is 0 Å². The molecule has 27 heavy (non-hydrogen) atoms. The fraction of sp³-hybridized carbons (Fsp3) is 0.286. The summed E-state index contributed by atoms with van der Waals surface area (Å²) in [6.07, 6.45) is 0.261. The Morgan fingerprint density at radius 3 is 2.15 bits per heavy atom. The van der Waals surface area contributed by atoms with E-state index in [2.05, 4.69) is 0 Å². The van der Waals surface area contributed by atoms with Crippen molar-refractivity contribution in [3.63, 3.8) is 0 Å². The topological polar surface area (TPSA) is 96.8 Å². The number of hydrogen-bond acceptors (Lipinski definition) is 5. The molecule has 0 aromatic heterocycles. The Morgan fingerprint density at radius 2 is 1.56 bits per heavy atom. The molecular formula is C21H24N2O4. The molecule has 0 spiro atoms. The minimum Gasteiger partial charge on any atom is -0.493 e. The van der Waals surface area contributed by atoms with Crippen molar-refractivity contribution >= 4 is 5.91 Å². The van der Waals surface area contributed by atoms with E-state index in [1.807, 2.05) is 60.7 Å². The summed E-state index contributed by atoms with van der Waals surface area (Å²) < 4.78 is 17.2. The number of carbonyl (C=O) groups excluding carboxylic acids is 1. The molecule has 3 atom stereocenters. The molecule has 0 saturated carbocycles. The molecule has 1 aliphatic heterocycles. The van der Waals surface area contributed by atoms with Crippen molar-refractivity contribution in [3.8, 4) is 0 Å². The van der Waals surface area contributed by atoms with E-state index >= 15 is 0 Å². The van der Waals surface area contributed by atoms with Crippen LogP contribution in [-0.4, -0.2) is 30.8 Å². The Hall–Kier alpha value is -2.67. The van der Waals surface area contributed by atoms with Crippen LogP contribution in [0.4, 0.5) is 0 Å². The Morgan fingerprint density at radius 1 is 0.963 bits per heavy atom. The molecule has 2 aromatic rings. The Kier molecular flexibility index (Phi) is 6.59. The number of amides is 1. The number of hydrogen-bond donors (Lipinski definition) is 2. The van der Waals surface area contributed by atoms with Gasteiger partial charge in [-0.15, -0.1) is 0 Å². The SMILES string of the molecule is NC(=O)C1=CO[C@H](COCc2ccccc2)[C@@H](N)[C@@H]1OCc1ccccc1. The minimum atomic E-state index is -0.651. The quantitative estimate of drug-likeness (QED) is 0.742. The second kappa shape index (κ2) is 9.32. The lowest BCUT2D eigenvalue weighted by molar-refractivity contribution is -0.118. The van der Waals surface area contributed by atoms with Crippen molar-refractivity contribution in [2.45, 2.75) is 31.5 Å². The highest BCUT2D eigenvalue weighted by Crippen LogP contribution is 2.22. The van der Waals surface area contributed by atoms with E-state index in [1.54, 1.807) is 0 Å². The van der Waals surface area contributed by atoms with Crippen LogP contribution in [0, 0.1) is 0 Å². The summed E-state index contributed by atoms with van der Waals surface area (Å²) in [6, 6.07) is 18.9. The average molecular weight is 368 g/mol. The molecule has 0 bridgehead atoms. The summed E-state index contributed by atoms with van der Waals surface area (Å²) in [5.41, 5.74) is 14.1. The predicted octanol–water partition coefficient (Wildman–Crippen LogP) is 1.88. The lowest BCUT2D eigenvalue weighted by Crippen LogP contribution is -2.53. The van der Waals surface area contributed by atoms with Crippen LogP contribution in [0.5, 0.6) is 0 Å². The smallest absolute Gasteiger partial charge is 0.250 e. The van der Waals surface area contributed by atoms with E-state index in [1.165, 1.54) is 6.26 Å². The molecule has 0 unspecified atom stereocenters. The normalized spacial score (nSPS) is 22.0. The van der Waals surface area contributed by atoms with E-state index in [4.69, 9.17) is 25.7 Å². The molecule has 0 aliphatic carbocycles. The zero-order valence-corrected chi connectivity index (χ0v) is 15.0. The van der Waals surface area contributed by atoms with Crippen LogP contribution in [-0.2, 0) is 32.2 Å². The first kappa shape index (κ1) is 19.1. The third-order valence-electron chi connectivity index (χ3n) is 4.41. The lowest BCUT2D eigenvalue weighted by Gasteiger charge is -2.34. The summed E-state index contributed by atoms with van der Waals surface area (Å²) in [6.45, 7) is 1.06. The van der Waals surface area contributed by atoms with Crippen LogP contribution in [0.25, 0.3) is 0 Å². The van der Waals surface area contributed by atoms with E-state index in [9.17, 15) is 4.79 Å². The van der Waals surface area contributed by atoms with E-state index < -0.39 is 24.2 Å². The molecule has 6 heteroatoms. The molecular weight excluding hydrogens is 344 g/mol. The molecule has 1 aliphatic rings. The maximum atomic E-state index is 11.7. The number of carbonyl (C=O) groups is 1.